The van der Waals surface area contributed by atoms with Crippen molar-refractivity contribution in [2.45, 2.75) is 24.7 Å². The Morgan fingerprint density at radius 2 is 1.29 bits per heavy atom. The van der Waals surface area contributed by atoms with Gasteiger partial charge in [-0.1, -0.05) is 38.1 Å². The maximum absolute atomic E-state index is 12.5. The van der Waals surface area contributed by atoms with E-state index in [0.717, 1.165) is 11.8 Å². The lowest BCUT2D eigenvalue weighted by Crippen LogP contribution is -2.16. The van der Waals surface area contributed by atoms with Gasteiger partial charge in [0.05, 0.1) is 22.5 Å². The Kier molecular flexibility index (Phi) is 5.19. The summed E-state index contributed by atoms with van der Waals surface area (Å²) in [6.45, 7) is 4.05. The SMILES string of the molecule is CC(C)c1ccc(S(=O)(=O)Nc2ccccc2NS(C)(=O)=O)cc1. The van der Waals surface area contributed by atoms with E-state index in [1.54, 1.807) is 24.3 Å². The van der Waals surface area contributed by atoms with Crippen molar-refractivity contribution in [2.24, 2.45) is 0 Å². The van der Waals surface area contributed by atoms with E-state index in [9.17, 15) is 16.8 Å². The zero-order chi connectivity index (χ0) is 18.0. The Labute approximate surface area is 143 Å². The molecule has 130 valence electrons. The maximum Gasteiger partial charge on any atom is 0.261 e. The molecular formula is C16H20N2O4S2. The van der Waals surface area contributed by atoms with Crippen LogP contribution in [-0.4, -0.2) is 23.1 Å². The molecule has 0 radical (unpaired) electrons. The lowest BCUT2D eigenvalue weighted by atomic mass is 10.0. The number of sulfonamides is 2. The molecule has 0 unspecified atom stereocenters. The molecular weight excluding hydrogens is 348 g/mol. The van der Waals surface area contributed by atoms with E-state index in [1.807, 2.05) is 13.8 Å². The average molecular weight is 368 g/mol. The van der Waals surface area contributed by atoms with Gasteiger partial charge < -0.3 is 0 Å². The van der Waals surface area contributed by atoms with Crippen molar-refractivity contribution in [3.63, 3.8) is 0 Å². The fourth-order valence-electron chi connectivity index (χ4n) is 2.10. The number of rotatable bonds is 6. The Bertz CT molecular complexity index is 919. The van der Waals surface area contributed by atoms with E-state index < -0.39 is 20.0 Å². The molecule has 0 saturated heterocycles. The summed E-state index contributed by atoms with van der Waals surface area (Å²) in [4.78, 5) is 0.112. The minimum Gasteiger partial charge on any atom is -0.282 e. The Morgan fingerprint density at radius 3 is 1.75 bits per heavy atom. The lowest BCUT2D eigenvalue weighted by molar-refractivity contribution is 0.600. The number of para-hydroxylation sites is 2. The zero-order valence-electron chi connectivity index (χ0n) is 13.6. The molecule has 2 aromatic carbocycles. The number of benzene rings is 2. The highest BCUT2D eigenvalue weighted by atomic mass is 32.2. The first kappa shape index (κ1) is 18.3. The van der Waals surface area contributed by atoms with Crippen LogP contribution >= 0.6 is 0 Å². The van der Waals surface area contributed by atoms with Crippen molar-refractivity contribution < 1.29 is 16.8 Å². The second-order valence-corrected chi connectivity index (χ2v) is 9.18. The first-order valence-electron chi connectivity index (χ1n) is 7.28. The molecule has 0 bridgehead atoms. The largest absolute Gasteiger partial charge is 0.282 e. The highest BCUT2D eigenvalue weighted by molar-refractivity contribution is 7.93. The van der Waals surface area contributed by atoms with Crippen molar-refractivity contribution in [3.05, 3.63) is 54.1 Å². The molecule has 6 nitrogen and oxygen atoms in total. The van der Waals surface area contributed by atoms with E-state index in [0.29, 0.717) is 5.92 Å². The Morgan fingerprint density at radius 1 is 0.792 bits per heavy atom. The van der Waals surface area contributed by atoms with Crippen LogP contribution in [0.4, 0.5) is 11.4 Å². The van der Waals surface area contributed by atoms with Crippen molar-refractivity contribution in [1.29, 1.82) is 0 Å². The minimum absolute atomic E-state index is 0.112. The van der Waals surface area contributed by atoms with Gasteiger partial charge in [0.15, 0.2) is 0 Å². The smallest absolute Gasteiger partial charge is 0.261 e. The minimum atomic E-state index is -3.82. The van der Waals surface area contributed by atoms with Gasteiger partial charge in [0.1, 0.15) is 0 Å². The normalized spacial score (nSPS) is 12.2. The van der Waals surface area contributed by atoms with Crippen LogP contribution in [0.2, 0.25) is 0 Å². The standard InChI is InChI=1S/C16H20N2O4S2/c1-12(2)13-8-10-14(11-9-13)24(21,22)18-16-7-5-4-6-15(16)17-23(3,19)20/h4-12,17-18H,1-3H3. The van der Waals surface area contributed by atoms with Crippen LogP contribution < -0.4 is 9.44 Å². The summed E-state index contributed by atoms with van der Waals surface area (Å²) in [6.07, 6.45) is 1.00. The highest BCUT2D eigenvalue weighted by Gasteiger charge is 2.17. The van der Waals surface area contributed by atoms with Crippen molar-refractivity contribution in [2.75, 3.05) is 15.7 Å². The van der Waals surface area contributed by atoms with Crippen LogP contribution in [0.15, 0.2) is 53.4 Å². The molecule has 0 fully saturated rings. The summed E-state index contributed by atoms with van der Waals surface area (Å²) < 4.78 is 52.5. The second kappa shape index (κ2) is 6.82. The monoisotopic (exact) mass is 368 g/mol. The Hall–Kier alpha value is -2.06. The molecule has 0 saturated carbocycles. The molecule has 2 aromatic rings. The topological polar surface area (TPSA) is 92.3 Å². The van der Waals surface area contributed by atoms with E-state index in [-0.39, 0.29) is 16.3 Å². The summed E-state index contributed by atoms with van der Waals surface area (Å²) in [5.74, 6) is 0.300. The molecule has 24 heavy (non-hydrogen) atoms. The molecule has 0 heterocycles. The van der Waals surface area contributed by atoms with Gasteiger partial charge in [-0.15, -0.1) is 0 Å². The maximum atomic E-state index is 12.5. The molecule has 0 atom stereocenters. The quantitative estimate of drug-likeness (QED) is 0.820. The van der Waals surface area contributed by atoms with Crippen molar-refractivity contribution in [1.82, 2.24) is 0 Å². The summed E-state index contributed by atoms with van der Waals surface area (Å²) in [5.41, 5.74) is 1.37. The van der Waals surface area contributed by atoms with Crippen LogP contribution in [0.5, 0.6) is 0 Å². The molecule has 0 spiro atoms. The van der Waals surface area contributed by atoms with Crippen LogP contribution in [-0.2, 0) is 20.0 Å². The number of hydrogen-bond acceptors (Lipinski definition) is 4. The number of nitrogens with one attached hydrogen (secondary N) is 2. The van der Waals surface area contributed by atoms with E-state index in [2.05, 4.69) is 9.44 Å². The van der Waals surface area contributed by atoms with Gasteiger partial charge in [-0.05, 0) is 35.7 Å². The number of hydrogen-bond donors (Lipinski definition) is 2. The molecule has 2 rings (SSSR count). The lowest BCUT2D eigenvalue weighted by Gasteiger charge is -2.14. The van der Waals surface area contributed by atoms with Gasteiger partial charge in [-0.2, -0.15) is 0 Å². The fourth-order valence-corrected chi connectivity index (χ4v) is 3.75. The molecule has 2 N–H and O–H groups in total. The highest BCUT2D eigenvalue weighted by Crippen LogP contribution is 2.25. The van der Waals surface area contributed by atoms with E-state index in [4.69, 9.17) is 0 Å². The summed E-state index contributed by atoms with van der Waals surface area (Å²) >= 11 is 0. The third-order valence-electron chi connectivity index (χ3n) is 3.32. The summed E-state index contributed by atoms with van der Waals surface area (Å²) in [5, 5.41) is 0. The average Bonchev–Trinajstić information content (AvgIpc) is 2.48. The summed E-state index contributed by atoms with van der Waals surface area (Å²) in [6, 6.07) is 12.8. The Balaban J connectivity index is 2.33. The van der Waals surface area contributed by atoms with Crippen LogP contribution in [0, 0.1) is 0 Å². The van der Waals surface area contributed by atoms with Gasteiger partial charge in [0.25, 0.3) is 10.0 Å². The third kappa shape index (κ3) is 4.72. The van der Waals surface area contributed by atoms with E-state index >= 15 is 0 Å². The first-order valence-corrected chi connectivity index (χ1v) is 10.7. The number of anilines is 2. The first-order chi connectivity index (χ1) is 11.1. The molecule has 8 heteroatoms. The van der Waals surface area contributed by atoms with Crippen LogP contribution in [0.3, 0.4) is 0 Å². The molecule has 0 amide bonds. The van der Waals surface area contributed by atoms with Crippen molar-refractivity contribution in [3.8, 4) is 0 Å². The van der Waals surface area contributed by atoms with Crippen LogP contribution in [0.1, 0.15) is 25.3 Å². The van der Waals surface area contributed by atoms with Crippen LogP contribution in [0.25, 0.3) is 0 Å². The molecule has 0 aliphatic heterocycles. The predicted molar refractivity (Wildman–Crippen MR) is 96.2 cm³/mol. The second-order valence-electron chi connectivity index (χ2n) is 5.75. The van der Waals surface area contributed by atoms with Gasteiger partial charge >= 0.3 is 0 Å². The van der Waals surface area contributed by atoms with Gasteiger partial charge in [-0.3, -0.25) is 9.44 Å². The zero-order valence-corrected chi connectivity index (χ0v) is 15.3. The van der Waals surface area contributed by atoms with E-state index in [1.165, 1.54) is 24.3 Å². The van der Waals surface area contributed by atoms with Gasteiger partial charge in [0.2, 0.25) is 10.0 Å². The molecule has 0 aliphatic carbocycles. The third-order valence-corrected chi connectivity index (χ3v) is 5.30. The van der Waals surface area contributed by atoms with Gasteiger partial charge in [0, 0.05) is 0 Å². The predicted octanol–water partition coefficient (Wildman–Crippen LogP) is 2.98. The van der Waals surface area contributed by atoms with Crippen molar-refractivity contribution >= 4 is 31.4 Å². The van der Waals surface area contributed by atoms with Gasteiger partial charge in [-0.25, -0.2) is 16.8 Å². The molecule has 0 aromatic heterocycles. The fraction of sp³-hybridized carbons (Fsp3) is 0.250. The summed E-state index contributed by atoms with van der Waals surface area (Å²) in [7, 11) is -7.34. The molecule has 0 aliphatic rings.